The highest BCUT2D eigenvalue weighted by Gasteiger charge is 2.25. The van der Waals surface area contributed by atoms with Crippen LogP contribution in [0.5, 0.6) is 5.75 Å². The summed E-state index contributed by atoms with van der Waals surface area (Å²) in [5.74, 6) is 0.104. The van der Waals surface area contributed by atoms with E-state index in [9.17, 15) is 13.5 Å². The van der Waals surface area contributed by atoms with E-state index in [-0.39, 0.29) is 10.6 Å². The number of phenolic OH excluding ortho intramolecular Hbond substituents is 1. The Hall–Kier alpha value is -2.05. The van der Waals surface area contributed by atoms with Crippen LogP contribution in [0.3, 0.4) is 0 Å². The molecule has 1 aliphatic heterocycles. The lowest BCUT2D eigenvalue weighted by Gasteiger charge is -2.23. The van der Waals surface area contributed by atoms with Crippen LogP contribution in [0, 0.1) is 0 Å². The summed E-state index contributed by atoms with van der Waals surface area (Å²) >= 11 is 0. The fourth-order valence-electron chi connectivity index (χ4n) is 2.55. The maximum atomic E-state index is 12.9. The van der Waals surface area contributed by atoms with Crippen molar-refractivity contribution in [2.75, 3.05) is 10.8 Å². The minimum Gasteiger partial charge on any atom is -0.508 e. The summed E-state index contributed by atoms with van der Waals surface area (Å²) in [6.45, 7) is 3.07. The van der Waals surface area contributed by atoms with Gasteiger partial charge in [-0.15, -0.1) is 0 Å². The van der Waals surface area contributed by atoms with Crippen LogP contribution in [-0.4, -0.2) is 20.1 Å². The third kappa shape index (κ3) is 2.55. The lowest BCUT2D eigenvalue weighted by Crippen LogP contribution is -2.30. The van der Waals surface area contributed by atoms with E-state index in [2.05, 4.69) is 0 Å². The number of hydrogen-bond acceptors (Lipinski definition) is 4. The van der Waals surface area contributed by atoms with E-state index in [0.717, 1.165) is 11.1 Å². The Morgan fingerprint density at radius 3 is 2.45 bits per heavy atom. The average Bonchev–Trinajstić information content (AvgIpc) is 2.97. The number of sulfonamides is 1. The highest BCUT2D eigenvalue weighted by molar-refractivity contribution is 7.92. The van der Waals surface area contributed by atoms with Gasteiger partial charge in [0.25, 0.3) is 10.0 Å². The van der Waals surface area contributed by atoms with Crippen molar-refractivity contribution < 1.29 is 18.3 Å². The maximum absolute atomic E-state index is 12.9. The van der Waals surface area contributed by atoms with Crippen LogP contribution in [0.2, 0.25) is 0 Å². The van der Waals surface area contributed by atoms with Gasteiger partial charge in [0.1, 0.15) is 5.75 Å². The number of aromatic hydroxyl groups is 1. The molecular weight excluding hydrogens is 302 g/mol. The first-order valence-electron chi connectivity index (χ1n) is 7.03. The van der Waals surface area contributed by atoms with E-state index in [1.165, 1.54) is 16.4 Å². The van der Waals surface area contributed by atoms with Crippen molar-refractivity contribution in [1.82, 2.24) is 0 Å². The highest BCUT2D eigenvalue weighted by Crippen LogP contribution is 2.28. The quantitative estimate of drug-likeness (QED) is 0.941. The Labute approximate surface area is 129 Å². The van der Waals surface area contributed by atoms with E-state index in [1.54, 1.807) is 37.3 Å². The van der Waals surface area contributed by atoms with Crippen LogP contribution in [0.4, 0.5) is 5.69 Å². The van der Waals surface area contributed by atoms with Crippen molar-refractivity contribution in [2.45, 2.75) is 25.0 Å². The van der Waals surface area contributed by atoms with Gasteiger partial charge in [0.2, 0.25) is 0 Å². The first kappa shape index (κ1) is 14.9. The molecule has 0 atom stereocenters. The van der Waals surface area contributed by atoms with Crippen molar-refractivity contribution in [1.29, 1.82) is 0 Å². The van der Waals surface area contributed by atoms with Gasteiger partial charge >= 0.3 is 0 Å². The van der Waals surface area contributed by atoms with Gasteiger partial charge in [-0.3, -0.25) is 4.31 Å². The van der Waals surface area contributed by atoms with Gasteiger partial charge < -0.3 is 9.84 Å². The zero-order chi connectivity index (χ0) is 15.7. The van der Waals surface area contributed by atoms with Crippen LogP contribution < -0.4 is 4.31 Å². The Morgan fingerprint density at radius 2 is 1.77 bits per heavy atom. The van der Waals surface area contributed by atoms with E-state index < -0.39 is 10.0 Å². The lowest BCUT2D eigenvalue weighted by atomic mass is 10.1. The average molecular weight is 319 g/mol. The molecule has 1 N–H and O–H groups in total. The Morgan fingerprint density at radius 1 is 1.09 bits per heavy atom. The van der Waals surface area contributed by atoms with E-state index in [1.807, 2.05) is 0 Å². The first-order valence-corrected chi connectivity index (χ1v) is 8.47. The molecule has 6 heteroatoms. The molecule has 0 bridgehead atoms. The minimum absolute atomic E-state index is 0.104. The van der Waals surface area contributed by atoms with Crippen molar-refractivity contribution in [3.63, 3.8) is 0 Å². The highest BCUT2D eigenvalue weighted by atomic mass is 32.2. The molecule has 2 aromatic rings. The van der Waals surface area contributed by atoms with Gasteiger partial charge in [-0.1, -0.05) is 6.07 Å². The van der Waals surface area contributed by atoms with Gasteiger partial charge in [-0.2, -0.15) is 0 Å². The molecule has 0 amide bonds. The molecule has 5 nitrogen and oxygen atoms in total. The molecule has 1 heterocycles. The molecule has 3 rings (SSSR count). The first-order chi connectivity index (χ1) is 10.5. The van der Waals surface area contributed by atoms with Gasteiger partial charge in [0.15, 0.2) is 0 Å². The molecule has 1 aliphatic rings. The van der Waals surface area contributed by atoms with E-state index >= 15 is 0 Å². The van der Waals surface area contributed by atoms with Crippen LogP contribution in [-0.2, 0) is 28.0 Å². The van der Waals surface area contributed by atoms with E-state index in [0.29, 0.717) is 25.4 Å². The van der Waals surface area contributed by atoms with Gasteiger partial charge in [-0.25, -0.2) is 8.42 Å². The smallest absolute Gasteiger partial charge is 0.264 e. The topological polar surface area (TPSA) is 66.8 Å². The largest absolute Gasteiger partial charge is 0.508 e. The normalized spacial score (nSPS) is 13.9. The number of phenols is 1. The molecule has 2 aromatic carbocycles. The summed E-state index contributed by atoms with van der Waals surface area (Å²) in [7, 11) is -3.64. The predicted molar refractivity (Wildman–Crippen MR) is 83.2 cm³/mol. The lowest BCUT2D eigenvalue weighted by molar-refractivity contribution is 0.134. The summed E-state index contributed by atoms with van der Waals surface area (Å²) in [5, 5.41) is 9.35. The summed E-state index contributed by atoms with van der Waals surface area (Å²) in [5.41, 5.74) is 2.48. The number of nitrogens with zero attached hydrogens (tertiary/aromatic N) is 1. The number of ether oxygens (including phenoxy) is 1. The van der Waals surface area contributed by atoms with Crippen molar-refractivity contribution in [3.05, 3.63) is 53.6 Å². The number of rotatable bonds is 4. The third-order valence-electron chi connectivity index (χ3n) is 3.71. The maximum Gasteiger partial charge on any atom is 0.264 e. The molecule has 0 aromatic heterocycles. The van der Waals surface area contributed by atoms with Crippen molar-refractivity contribution in [3.8, 4) is 5.75 Å². The number of hydrogen-bond donors (Lipinski definition) is 1. The molecule has 0 fully saturated rings. The summed E-state index contributed by atoms with van der Waals surface area (Å²) in [6, 6.07) is 11.2. The summed E-state index contributed by atoms with van der Waals surface area (Å²) in [4.78, 5) is 0.256. The van der Waals surface area contributed by atoms with Gasteiger partial charge in [0, 0.05) is 6.54 Å². The monoisotopic (exact) mass is 319 g/mol. The number of fused-ring (bicyclic) bond motifs is 1. The predicted octanol–water partition coefficient (Wildman–Crippen LogP) is 2.64. The Balaban J connectivity index is 2.01. The second kappa shape index (κ2) is 5.62. The fraction of sp³-hybridized carbons (Fsp3) is 0.250. The van der Waals surface area contributed by atoms with Crippen LogP contribution in [0.15, 0.2) is 47.4 Å². The molecule has 0 radical (unpaired) electrons. The van der Waals surface area contributed by atoms with Gasteiger partial charge in [-0.05, 0) is 54.4 Å². The summed E-state index contributed by atoms with van der Waals surface area (Å²) < 4.78 is 32.4. The standard InChI is InChI=1S/C16H17NO4S/c1-2-17(14-4-6-15(18)7-5-14)22(19,20)16-8-3-12-10-21-11-13(12)9-16/h3-9,18H,2,10-11H2,1H3. The van der Waals surface area contributed by atoms with Crippen molar-refractivity contribution in [2.24, 2.45) is 0 Å². The van der Waals surface area contributed by atoms with Crippen LogP contribution >= 0.6 is 0 Å². The third-order valence-corrected chi connectivity index (χ3v) is 5.60. The van der Waals surface area contributed by atoms with E-state index in [4.69, 9.17) is 4.74 Å². The minimum atomic E-state index is -3.64. The van der Waals surface area contributed by atoms with Gasteiger partial charge in [0.05, 0.1) is 23.8 Å². The molecule has 0 spiro atoms. The Bertz CT molecular complexity index is 784. The second-order valence-electron chi connectivity index (χ2n) is 5.11. The Kier molecular flexibility index (Phi) is 3.80. The zero-order valence-electron chi connectivity index (χ0n) is 12.2. The molecule has 0 unspecified atom stereocenters. The molecule has 0 saturated heterocycles. The molecule has 22 heavy (non-hydrogen) atoms. The number of anilines is 1. The molecule has 0 saturated carbocycles. The van der Waals surface area contributed by atoms with Crippen LogP contribution in [0.1, 0.15) is 18.1 Å². The zero-order valence-corrected chi connectivity index (χ0v) is 13.0. The fourth-order valence-corrected chi connectivity index (χ4v) is 4.07. The van der Waals surface area contributed by atoms with Crippen LogP contribution in [0.25, 0.3) is 0 Å². The molecule has 0 aliphatic carbocycles. The second-order valence-corrected chi connectivity index (χ2v) is 6.97. The van der Waals surface area contributed by atoms with Crippen molar-refractivity contribution >= 4 is 15.7 Å². The SMILES string of the molecule is CCN(c1ccc(O)cc1)S(=O)(=O)c1ccc2c(c1)COC2. The summed E-state index contributed by atoms with van der Waals surface area (Å²) in [6.07, 6.45) is 0. The number of benzene rings is 2. The molecule has 116 valence electrons. The molecular formula is C16H17NO4S.